The topological polar surface area (TPSA) is 29.4 Å². The van der Waals surface area contributed by atoms with Crippen LogP contribution in [-0.2, 0) is 4.79 Å². The van der Waals surface area contributed by atoms with Gasteiger partial charge in [0.2, 0.25) is 5.84 Å². The number of nitrogens with zero attached hydrogens (tertiary/aromatic N) is 2. The normalized spacial score (nSPS) is 17.0. The number of rotatable bonds is 27. The zero-order valence-electron chi connectivity index (χ0n) is 25.5. The number of hydrogen-bond donors (Lipinski definition) is 0. The monoisotopic (exact) mass is 518 g/mol. The van der Waals surface area contributed by atoms with E-state index in [4.69, 9.17) is 0 Å². The molecule has 0 fully saturated rings. The van der Waals surface area contributed by atoms with Crippen LogP contribution in [0.2, 0.25) is 0 Å². The Morgan fingerprint density at radius 3 is 1.32 bits per heavy atom. The standard InChI is InChI=1S/C34H65N2O/c1-4-6-8-10-12-14-16-17-18-20-21-23-25-27-29-33-35-31-32-36(33,3)34(37)30-28-26-24-22-19-15-13-11-9-7-5-2/h31-32H,4-30H2,1-3H3/q+1. The molecule has 0 aromatic carbocycles. The number of quaternary nitrogens is 1. The molecule has 0 bridgehead atoms. The van der Waals surface area contributed by atoms with Crippen LogP contribution in [0.3, 0.4) is 0 Å². The Hall–Kier alpha value is -0.960. The van der Waals surface area contributed by atoms with Crippen LogP contribution in [0.4, 0.5) is 0 Å². The zero-order chi connectivity index (χ0) is 26.9. The van der Waals surface area contributed by atoms with E-state index in [1.807, 2.05) is 19.4 Å². The second kappa shape index (κ2) is 24.1. The highest BCUT2D eigenvalue weighted by Gasteiger charge is 2.37. The predicted molar refractivity (Wildman–Crippen MR) is 164 cm³/mol. The number of hydrogen-bond acceptors (Lipinski definition) is 2. The molecule has 1 rings (SSSR count). The predicted octanol–water partition coefficient (Wildman–Crippen LogP) is 11.4. The molecule has 0 saturated carbocycles. The maximum atomic E-state index is 13.0. The largest absolute Gasteiger partial charge is 0.324 e. The maximum absolute atomic E-state index is 13.0. The van der Waals surface area contributed by atoms with E-state index in [1.165, 1.54) is 148 Å². The van der Waals surface area contributed by atoms with Crippen LogP contribution in [0.25, 0.3) is 0 Å². The minimum atomic E-state index is 0.328. The smallest absolute Gasteiger partial charge is 0.230 e. The fourth-order valence-corrected chi connectivity index (χ4v) is 5.63. The van der Waals surface area contributed by atoms with Crippen molar-refractivity contribution in [3.63, 3.8) is 0 Å². The number of unbranched alkanes of at least 4 members (excludes halogenated alkanes) is 23. The van der Waals surface area contributed by atoms with Crippen molar-refractivity contribution in [1.82, 2.24) is 0 Å². The first-order chi connectivity index (χ1) is 18.1. The third kappa shape index (κ3) is 17.3. The fraction of sp³-hybridized carbons (Fsp3) is 0.882. The van der Waals surface area contributed by atoms with Crippen molar-refractivity contribution < 1.29 is 9.28 Å². The molecule has 1 aliphatic heterocycles. The minimum absolute atomic E-state index is 0.328. The summed E-state index contributed by atoms with van der Waals surface area (Å²) in [5, 5.41) is 0. The molecule has 1 aliphatic rings. The Morgan fingerprint density at radius 2 is 0.919 bits per heavy atom. The van der Waals surface area contributed by atoms with Crippen molar-refractivity contribution in [2.24, 2.45) is 4.99 Å². The average Bonchev–Trinajstić information content (AvgIpc) is 3.28. The van der Waals surface area contributed by atoms with Gasteiger partial charge in [-0.15, -0.1) is 0 Å². The second-order valence-electron chi connectivity index (χ2n) is 11.9. The summed E-state index contributed by atoms with van der Waals surface area (Å²) in [4.78, 5) is 17.6. The first-order valence-corrected chi connectivity index (χ1v) is 16.8. The van der Waals surface area contributed by atoms with E-state index in [2.05, 4.69) is 18.8 Å². The SMILES string of the molecule is CCCCCCCCCCCCCCCCC1=NC=C[N+]1(C)C(=O)CCCCCCCCCCCCC. The first kappa shape index (κ1) is 34.1. The molecule has 37 heavy (non-hydrogen) atoms. The molecule has 3 heteroatoms. The molecule has 216 valence electrons. The molecule has 0 aliphatic carbocycles. The molecule has 1 atom stereocenters. The number of carbonyl (C=O) groups excluding carboxylic acids is 1. The van der Waals surface area contributed by atoms with Crippen LogP contribution >= 0.6 is 0 Å². The lowest BCUT2D eigenvalue weighted by Gasteiger charge is -2.25. The summed E-state index contributed by atoms with van der Waals surface area (Å²) >= 11 is 0. The molecular weight excluding hydrogens is 452 g/mol. The highest BCUT2D eigenvalue weighted by atomic mass is 16.2. The third-order valence-corrected chi connectivity index (χ3v) is 8.39. The molecule has 0 saturated heterocycles. The Kier molecular flexibility index (Phi) is 22.2. The summed E-state index contributed by atoms with van der Waals surface area (Å²) in [5.74, 6) is 1.39. The van der Waals surface area contributed by atoms with Crippen molar-refractivity contribution in [2.75, 3.05) is 7.05 Å². The van der Waals surface area contributed by atoms with Gasteiger partial charge in [0.05, 0.1) is 19.7 Å². The minimum Gasteiger partial charge on any atom is -0.230 e. The lowest BCUT2D eigenvalue weighted by atomic mass is 10.0. The van der Waals surface area contributed by atoms with Crippen LogP contribution in [0.5, 0.6) is 0 Å². The Bertz CT molecular complexity index is 597. The van der Waals surface area contributed by atoms with Gasteiger partial charge < -0.3 is 0 Å². The maximum Gasteiger partial charge on any atom is 0.324 e. The summed E-state index contributed by atoms with van der Waals surface area (Å²) in [6.45, 7) is 4.57. The van der Waals surface area contributed by atoms with Crippen molar-refractivity contribution in [2.45, 2.75) is 187 Å². The van der Waals surface area contributed by atoms with E-state index < -0.39 is 0 Å². The van der Waals surface area contributed by atoms with Crippen molar-refractivity contribution >= 4 is 11.7 Å². The highest BCUT2D eigenvalue weighted by Crippen LogP contribution is 2.22. The van der Waals surface area contributed by atoms with E-state index >= 15 is 0 Å². The zero-order valence-corrected chi connectivity index (χ0v) is 25.5. The van der Waals surface area contributed by atoms with Gasteiger partial charge in [0.25, 0.3) is 0 Å². The molecule has 0 N–H and O–H groups in total. The van der Waals surface area contributed by atoms with Crippen LogP contribution < -0.4 is 0 Å². The van der Waals surface area contributed by atoms with Crippen molar-refractivity contribution in [1.29, 1.82) is 0 Å². The van der Waals surface area contributed by atoms with Gasteiger partial charge in [0.15, 0.2) is 0 Å². The second-order valence-corrected chi connectivity index (χ2v) is 11.9. The van der Waals surface area contributed by atoms with E-state index in [-0.39, 0.29) is 0 Å². The molecule has 1 amide bonds. The molecular formula is C34H65N2O+. The van der Waals surface area contributed by atoms with Gasteiger partial charge in [-0.2, -0.15) is 4.48 Å². The van der Waals surface area contributed by atoms with Gasteiger partial charge in [0, 0.05) is 6.42 Å². The summed E-state index contributed by atoms with van der Waals surface area (Å²) in [6, 6.07) is 0. The molecule has 1 heterocycles. The summed E-state index contributed by atoms with van der Waals surface area (Å²) < 4.78 is 0.330. The van der Waals surface area contributed by atoms with Gasteiger partial charge in [-0.3, -0.25) is 0 Å². The van der Waals surface area contributed by atoms with Gasteiger partial charge in [-0.1, -0.05) is 162 Å². The van der Waals surface area contributed by atoms with Crippen LogP contribution in [0.15, 0.2) is 17.4 Å². The molecule has 1 unspecified atom stereocenters. The van der Waals surface area contributed by atoms with E-state index in [0.717, 1.165) is 25.1 Å². The Morgan fingerprint density at radius 1 is 0.568 bits per heavy atom. The van der Waals surface area contributed by atoms with Crippen molar-refractivity contribution in [3.05, 3.63) is 12.4 Å². The number of aliphatic imine (C=N–C) groups is 1. The van der Waals surface area contributed by atoms with Crippen LogP contribution in [-0.4, -0.2) is 23.3 Å². The molecule has 0 aromatic rings. The number of carbonyl (C=O) groups is 1. The lowest BCUT2D eigenvalue weighted by molar-refractivity contribution is -0.683. The first-order valence-electron chi connectivity index (χ1n) is 16.8. The van der Waals surface area contributed by atoms with Crippen LogP contribution in [0, 0.1) is 0 Å². The highest BCUT2D eigenvalue weighted by molar-refractivity contribution is 5.90. The molecule has 0 radical (unpaired) electrons. The quantitative estimate of drug-likeness (QED) is 0.0786. The lowest BCUT2D eigenvalue weighted by Crippen LogP contribution is -2.47. The van der Waals surface area contributed by atoms with Crippen LogP contribution in [0.1, 0.15) is 187 Å². The molecule has 0 aromatic heterocycles. The van der Waals surface area contributed by atoms with Crippen molar-refractivity contribution in [3.8, 4) is 0 Å². The molecule has 3 nitrogen and oxygen atoms in total. The summed E-state index contributed by atoms with van der Waals surface area (Å²) in [6.07, 6.45) is 39.4. The number of amidine groups is 1. The Balaban J connectivity index is 1.99. The van der Waals surface area contributed by atoms with Gasteiger partial charge in [-0.25, -0.2) is 9.79 Å². The molecule has 0 spiro atoms. The van der Waals surface area contributed by atoms with Gasteiger partial charge in [-0.05, 0) is 12.8 Å². The summed E-state index contributed by atoms with van der Waals surface area (Å²) in [5.41, 5.74) is 0. The van der Waals surface area contributed by atoms with E-state index in [0.29, 0.717) is 16.8 Å². The average molecular weight is 518 g/mol. The summed E-state index contributed by atoms with van der Waals surface area (Å²) in [7, 11) is 2.05. The fourth-order valence-electron chi connectivity index (χ4n) is 5.63. The van der Waals surface area contributed by atoms with E-state index in [1.54, 1.807) is 0 Å². The van der Waals surface area contributed by atoms with Gasteiger partial charge >= 0.3 is 5.91 Å². The van der Waals surface area contributed by atoms with E-state index in [9.17, 15) is 4.79 Å². The Labute approximate surface area is 232 Å². The number of amides is 1. The van der Waals surface area contributed by atoms with Gasteiger partial charge in [0.1, 0.15) is 6.20 Å². The third-order valence-electron chi connectivity index (χ3n) is 8.39.